The van der Waals surface area contributed by atoms with Crippen molar-refractivity contribution in [2.75, 3.05) is 5.32 Å². The highest BCUT2D eigenvalue weighted by Crippen LogP contribution is 2.29. The van der Waals surface area contributed by atoms with Crippen LogP contribution in [0.15, 0.2) is 6.20 Å². The van der Waals surface area contributed by atoms with Crippen molar-refractivity contribution in [1.82, 2.24) is 25.3 Å². The van der Waals surface area contributed by atoms with Crippen LogP contribution in [0.2, 0.25) is 0 Å². The Kier molecular flexibility index (Phi) is 3.39. The summed E-state index contributed by atoms with van der Waals surface area (Å²) in [6.45, 7) is 1.85. The van der Waals surface area contributed by atoms with Gasteiger partial charge in [-0.1, -0.05) is 11.3 Å². The monoisotopic (exact) mass is 292 g/mol. The van der Waals surface area contributed by atoms with E-state index in [4.69, 9.17) is 0 Å². The van der Waals surface area contributed by atoms with Gasteiger partial charge in [-0.05, 0) is 26.2 Å². The topological polar surface area (TPSA) is 84.7 Å². The third-order valence-corrected chi connectivity index (χ3v) is 4.18. The maximum atomic E-state index is 12.0. The fourth-order valence-electron chi connectivity index (χ4n) is 2.49. The van der Waals surface area contributed by atoms with Gasteiger partial charge in [0.25, 0.3) is 0 Å². The molecule has 2 N–H and O–H groups in total. The number of nitrogens with zero attached hydrogens (tertiary/aromatic N) is 4. The summed E-state index contributed by atoms with van der Waals surface area (Å²) in [6, 6.07) is -0.232. The van der Waals surface area contributed by atoms with Crippen LogP contribution in [0.25, 0.3) is 0 Å². The molecule has 0 bridgehead atoms. The molecule has 0 fully saturated rings. The van der Waals surface area contributed by atoms with Gasteiger partial charge in [0.15, 0.2) is 0 Å². The molecule has 0 saturated heterocycles. The number of anilines is 1. The van der Waals surface area contributed by atoms with Crippen LogP contribution in [-0.2, 0) is 13.5 Å². The van der Waals surface area contributed by atoms with Crippen molar-refractivity contribution < 1.29 is 4.79 Å². The van der Waals surface area contributed by atoms with Crippen molar-refractivity contribution in [1.29, 1.82) is 0 Å². The highest BCUT2D eigenvalue weighted by Gasteiger charge is 2.24. The van der Waals surface area contributed by atoms with Crippen LogP contribution >= 0.6 is 11.3 Å². The summed E-state index contributed by atoms with van der Waals surface area (Å²) in [5, 5.41) is 19.1. The minimum Gasteiger partial charge on any atom is -0.331 e. The molecule has 0 aliphatic heterocycles. The lowest BCUT2D eigenvalue weighted by Crippen LogP contribution is -2.34. The molecule has 8 heteroatoms. The van der Waals surface area contributed by atoms with E-state index in [1.54, 1.807) is 0 Å². The summed E-state index contributed by atoms with van der Waals surface area (Å²) in [4.78, 5) is 12.0. The quantitative estimate of drug-likeness (QED) is 0.883. The molecular formula is C12H16N6OS. The van der Waals surface area contributed by atoms with E-state index in [2.05, 4.69) is 25.9 Å². The molecule has 2 aromatic heterocycles. The molecule has 2 amide bonds. The number of aromatic nitrogens is 4. The van der Waals surface area contributed by atoms with E-state index in [0.717, 1.165) is 29.8 Å². The van der Waals surface area contributed by atoms with Crippen molar-refractivity contribution in [3.8, 4) is 0 Å². The van der Waals surface area contributed by atoms with Crippen LogP contribution in [0.4, 0.5) is 9.93 Å². The first-order valence-electron chi connectivity index (χ1n) is 6.52. The van der Waals surface area contributed by atoms with Gasteiger partial charge in [0.1, 0.15) is 5.01 Å². The van der Waals surface area contributed by atoms with Crippen molar-refractivity contribution in [3.63, 3.8) is 0 Å². The summed E-state index contributed by atoms with van der Waals surface area (Å²) in [5.41, 5.74) is 2.32. The van der Waals surface area contributed by atoms with E-state index in [1.165, 1.54) is 17.0 Å². The Hall–Kier alpha value is -1.96. The van der Waals surface area contributed by atoms with E-state index in [0.29, 0.717) is 5.13 Å². The molecule has 0 radical (unpaired) electrons. The Morgan fingerprint density at radius 2 is 2.35 bits per heavy atom. The number of urea groups is 1. The molecular weight excluding hydrogens is 276 g/mol. The first-order valence-corrected chi connectivity index (χ1v) is 7.33. The van der Waals surface area contributed by atoms with Crippen molar-refractivity contribution >= 4 is 22.5 Å². The maximum Gasteiger partial charge on any atom is 0.321 e. The molecule has 1 aliphatic rings. The maximum absolute atomic E-state index is 12.0. The molecule has 3 rings (SSSR count). The molecule has 1 aliphatic carbocycles. The smallest absolute Gasteiger partial charge is 0.321 e. The largest absolute Gasteiger partial charge is 0.331 e. The minimum atomic E-state index is -0.247. The Labute approximate surface area is 120 Å². The summed E-state index contributed by atoms with van der Waals surface area (Å²) in [6.07, 6.45) is 4.84. The minimum absolute atomic E-state index is 0.0152. The molecule has 0 saturated carbocycles. The molecule has 2 aromatic rings. The number of carbonyl (C=O) groups is 1. The highest BCUT2D eigenvalue weighted by atomic mass is 32.1. The zero-order chi connectivity index (χ0) is 14.1. The average Bonchev–Trinajstić information content (AvgIpc) is 2.98. The van der Waals surface area contributed by atoms with Gasteiger partial charge in [-0.25, -0.2) is 4.79 Å². The molecule has 1 atom stereocenters. The van der Waals surface area contributed by atoms with E-state index in [9.17, 15) is 4.79 Å². The number of hydrogen-bond donors (Lipinski definition) is 2. The number of aryl methyl sites for hydroxylation is 2. The molecule has 0 spiro atoms. The van der Waals surface area contributed by atoms with E-state index in [1.807, 2.05) is 24.9 Å². The van der Waals surface area contributed by atoms with Crippen LogP contribution in [-0.4, -0.2) is 26.0 Å². The zero-order valence-corrected chi connectivity index (χ0v) is 12.2. The predicted octanol–water partition coefficient (Wildman–Crippen LogP) is 1.78. The molecule has 20 heavy (non-hydrogen) atoms. The van der Waals surface area contributed by atoms with Gasteiger partial charge in [0.2, 0.25) is 5.13 Å². The number of fused-ring (bicyclic) bond motifs is 1. The second-order valence-electron chi connectivity index (χ2n) is 4.84. The summed E-state index contributed by atoms with van der Waals surface area (Å²) >= 11 is 1.36. The van der Waals surface area contributed by atoms with Crippen LogP contribution in [0.5, 0.6) is 0 Å². The first kappa shape index (κ1) is 13.0. The van der Waals surface area contributed by atoms with Crippen LogP contribution in [0.1, 0.15) is 35.1 Å². The number of nitrogens with one attached hydrogen (secondary N) is 2. The molecule has 7 nitrogen and oxygen atoms in total. The van der Waals surface area contributed by atoms with Crippen molar-refractivity contribution in [2.45, 2.75) is 32.2 Å². The standard InChI is InChI=1S/C12H16N6OS/c1-7-16-17-12(20-7)15-11(19)14-9-4-3-5-10-8(9)6-13-18(10)2/h6,9H,3-5H2,1-2H3,(H2,14,15,17,19). The highest BCUT2D eigenvalue weighted by molar-refractivity contribution is 7.15. The van der Waals surface area contributed by atoms with E-state index in [-0.39, 0.29) is 12.1 Å². The van der Waals surface area contributed by atoms with Crippen LogP contribution in [0, 0.1) is 6.92 Å². The number of hydrogen-bond acceptors (Lipinski definition) is 5. The summed E-state index contributed by atoms with van der Waals surface area (Å²) in [5.74, 6) is 0. The molecule has 1 unspecified atom stereocenters. The molecule has 0 aromatic carbocycles. The Balaban J connectivity index is 1.68. The number of carbonyl (C=O) groups excluding carboxylic acids is 1. The van der Waals surface area contributed by atoms with Crippen molar-refractivity contribution in [3.05, 3.63) is 22.5 Å². The predicted molar refractivity (Wildman–Crippen MR) is 75.7 cm³/mol. The number of amides is 2. The van der Waals surface area contributed by atoms with Gasteiger partial charge in [-0.15, -0.1) is 10.2 Å². The number of rotatable bonds is 2. The summed E-state index contributed by atoms with van der Waals surface area (Å²) in [7, 11) is 1.94. The Bertz CT molecular complexity index is 634. The van der Waals surface area contributed by atoms with Gasteiger partial charge in [-0.2, -0.15) is 5.10 Å². The van der Waals surface area contributed by atoms with Gasteiger partial charge in [0, 0.05) is 18.3 Å². The first-order chi connectivity index (χ1) is 9.63. The van der Waals surface area contributed by atoms with Crippen molar-refractivity contribution in [2.24, 2.45) is 7.05 Å². The lowest BCUT2D eigenvalue weighted by atomic mass is 9.93. The van der Waals surface area contributed by atoms with Gasteiger partial charge >= 0.3 is 6.03 Å². The summed E-state index contributed by atoms with van der Waals surface area (Å²) < 4.78 is 1.88. The fraction of sp³-hybridized carbons (Fsp3) is 0.500. The lowest BCUT2D eigenvalue weighted by Gasteiger charge is -2.23. The van der Waals surface area contributed by atoms with E-state index < -0.39 is 0 Å². The molecule has 2 heterocycles. The van der Waals surface area contributed by atoms with Crippen LogP contribution in [0.3, 0.4) is 0 Å². The van der Waals surface area contributed by atoms with Gasteiger partial charge < -0.3 is 5.32 Å². The molecule has 106 valence electrons. The third kappa shape index (κ3) is 2.51. The lowest BCUT2D eigenvalue weighted by molar-refractivity contribution is 0.247. The average molecular weight is 292 g/mol. The second kappa shape index (κ2) is 5.20. The SMILES string of the molecule is Cc1nnc(NC(=O)NC2CCCc3c2cnn3C)s1. The van der Waals surface area contributed by atoms with Gasteiger partial charge in [0.05, 0.1) is 12.2 Å². The fourth-order valence-corrected chi connectivity index (χ4v) is 3.08. The van der Waals surface area contributed by atoms with Crippen LogP contribution < -0.4 is 10.6 Å². The third-order valence-electron chi connectivity index (χ3n) is 3.43. The Morgan fingerprint density at radius 3 is 3.10 bits per heavy atom. The second-order valence-corrected chi connectivity index (χ2v) is 6.02. The normalized spacial score (nSPS) is 17.6. The van der Waals surface area contributed by atoms with E-state index >= 15 is 0 Å². The zero-order valence-electron chi connectivity index (χ0n) is 11.4. The van der Waals surface area contributed by atoms with Gasteiger partial charge in [-0.3, -0.25) is 10.00 Å². The Morgan fingerprint density at radius 1 is 1.50 bits per heavy atom.